The Kier molecular flexibility index (Phi) is 4.20. The summed E-state index contributed by atoms with van der Waals surface area (Å²) < 4.78 is 14.7. The summed E-state index contributed by atoms with van der Waals surface area (Å²) >= 11 is 0.617. The van der Waals surface area contributed by atoms with Crippen molar-refractivity contribution >= 4 is 24.1 Å². The summed E-state index contributed by atoms with van der Waals surface area (Å²) in [4.78, 5) is 21.6. The maximum Gasteiger partial charge on any atom is 0.509 e. The third kappa shape index (κ3) is 2.95. The molecule has 1 saturated heterocycles. The first-order chi connectivity index (χ1) is 9.13. The Morgan fingerprint density at radius 1 is 1.42 bits per heavy atom. The van der Waals surface area contributed by atoms with Crippen molar-refractivity contribution < 1.29 is 23.4 Å². The van der Waals surface area contributed by atoms with E-state index in [1.54, 1.807) is 6.07 Å². The summed E-state index contributed by atoms with van der Waals surface area (Å²) in [5.41, 5.74) is 0.116. The predicted molar refractivity (Wildman–Crippen MR) is 64.9 cm³/mol. The smallest absolute Gasteiger partial charge is 0.424 e. The molecule has 0 saturated carbocycles. The van der Waals surface area contributed by atoms with Crippen LogP contribution in [-0.2, 0) is 13.7 Å². The minimum absolute atomic E-state index is 0.0242. The number of nitro benzene ring substituents is 1. The second-order valence-electron chi connectivity index (χ2n) is 3.64. The number of cyclic esters (lactones) is 2. The van der Waals surface area contributed by atoms with E-state index in [1.165, 1.54) is 18.2 Å². The van der Waals surface area contributed by atoms with E-state index in [0.29, 0.717) is 12.2 Å². The Bertz CT molecular complexity index is 497. The molecule has 8 nitrogen and oxygen atoms in total. The minimum Gasteiger partial charge on any atom is -0.424 e. The van der Waals surface area contributed by atoms with Crippen molar-refractivity contribution in [2.24, 2.45) is 5.14 Å². The lowest BCUT2D eigenvalue weighted by atomic mass is 10.0. The van der Waals surface area contributed by atoms with Crippen molar-refractivity contribution in [2.45, 2.75) is 12.2 Å². The molecular weight excluding hydrogens is 276 g/mol. The van der Waals surface area contributed by atoms with Gasteiger partial charge in [-0.2, -0.15) is 0 Å². The molecule has 1 aliphatic heterocycles. The fraction of sp³-hybridized carbons (Fsp3) is 0.300. The molecule has 19 heavy (non-hydrogen) atoms. The van der Waals surface area contributed by atoms with E-state index in [9.17, 15) is 14.9 Å². The highest BCUT2D eigenvalue weighted by atomic mass is 32.2. The number of hydrogen-bond donors (Lipinski definition) is 1. The number of hydrogen-bond acceptors (Lipinski definition) is 8. The van der Waals surface area contributed by atoms with Crippen LogP contribution < -0.4 is 5.14 Å². The van der Waals surface area contributed by atoms with Gasteiger partial charge in [-0.25, -0.2) is 4.79 Å². The second-order valence-corrected chi connectivity index (χ2v) is 4.07. The van der Waals surface area contributed by atoms with Crippen LogP contribution in [0.4, 0.5) is 10.5 Å². The molecule has 0 spiro atoms. The number of nitro groups is 1. The topological polar surface area (TPSA) is 114 Å². The quantitative estimate of drug-likeness (QED) is 0.286. The number of benzene rings is 1. The van der Waals surface area contributed by atoms with Crippen molar-refractivity contribution in [3.63, 3.8) is 0 Å². The Labute approximate surface area is 112 Å². The summed E-state index contributed by atoms with van der Waals surface area (Å²) in [6.45, 7) is -0.0242. The molecular formula is C10H10N2O6S. The summed E-state index contributed by atoms with van der Waals surface area (Å²) in [7, 11) is 0. The molecule has 0 bridgehead atoms. The zero-order valence-corrected chi connectivity index (χ0v) is 10.4. The number of ether oxygens (including phenoxy) is 2. The van der Waals surface area contributed by atoms with Gasteiger partial charge in [0.15, 0.2) is 12.2 Å². The molecule has 2 unspecified atom stereocenters. The molecule has 1 fully saturated rings. The highest BCUT2D eigenvalue weighted by molar-refractivity contribution is 7.92. The fourth-order valence-corrected chi connectivity index (χ4v) is 1.99. The van der Waals surface area contributed by atoms with Crippen LogP contribution in [0.3, 0.4) is 0 Å². The van der Waals surface area contributed by atoms with E-state index in [1.807, 2.05) is 0 Å². The first-order valence-electron chi connectivity index (χ1n) is 5.22. The lowest BCUT2D eigenvalue weighted by molar-refractivity contribution is -0.386. The zero-order chi connectivity index (χ0) is 13.8. The monoisotopic (exact) mass is 286 g/mol. The number of rotatable bonds is 5. The minimum atomic E-state index is -0.890. The predicted octanol–water partition coefficient (Wildman–Crippen LogP) is 1.71. The van der Waals surface area contributed by atoms with Crippen LogP contribution in [0.2, 0.25) is 0 Å². The molecule has 102 valence electrons. The molecule has 2 N–H and O–H groups in total. The molecule has 1 heterocycles. The van der Waals surface area contributed by atoms with Gasteiger partial charge in [-0.05, 0) is 6.07 Å². The molecule has 1 aromatic carbocycles. The molecule has 0 aliphatic carbocycles. The van der Waals surface area contributed by atoms with Crippen LogP contribution >= 0.6 is 12.2 Å². The van der Waals surface area contributed by atoms with Gasteiger partial charge in [0, 0.05) is 6.07 Å². The lowest BCUT2D eigenvalue weighted by Gasteiger charge is -2.14. The van der Waals surface area contributed by atoms with E-state index in [4.69, 9.17) is 18.8 Å². The molecule has 0 aromatic heterocycles. The molecule has 2 rings (SSSR count). The number of carbonyl (C=O) groups excluding carboxylic acids is 1. The van der Waals surface area contributed by atoms with Crippen molar-refractivity contribution in [2.75, 3.05) is 6.61 Å². The molecule has 9 heteroatoms. The van der Waals surface area contributed by atoms with Gasteiger partial charge in [0.05, 0.1) is 22.7 Å². The first kappa shape index (κ1) is 13.6. The van der Waals surface area contributed by atoms with Crippen LogP contribution in [-0.4, -0.2) is 23.8 Å². The highest BCUT2D eigenvalue weighted by Gasteiger charge is 2.41. The SMILES string of the molecule is NSOCC1OC(=O)OC1c1ccccc1[N+](=O)[O-]. The number of nitrogens with zero attached hydrogens (tertiary/aromatic N) is 1. The van der Waals surface area contributed by atoms with E-state index < -0.39 is 23.3 Å². The third-order valence-electron chi connectivity index (χ3n) is 2.55. The third-order valence-corrected chi connectivity index (χ3v) is 2.82. The highest BCUT2D eigenvalue weighted by Crippen LogP contribution is 2.35. The molecule has 0 amide bonds. The van der Waals surface area contributed by atoms with Crippen LogP contribution in [0.25, 0.3) is 0 Å². The van der Waals surface area contributed by atoms with Crippen LogP contribution in [0, 0.1) is 10.1 Å². The normalized spacial score (nSPS) is 21.8. The Morgan fingerprint density at radius 2 is 2.16 bits per heavy atom. The number of para-hydroxylation sites is 1. The lowest BCUT2D eigenvalue weighted by Crippen LogP contribution is -2.21. The van der Waals surface area contributed by atoms with Gasteiger partial charge >= 0.3 is 6.16 Å². The standard InChI is InChI=1S/C10H10N2O6S/c11-19-16-5-8-9(18-10(13)17-8)6-3-1-2-4-7(6)12(14)15/h1-4,8-9H,5,11H2. The van der Waals surface area contributed by atoms with Crippen molar-refractivity contribution in [1.29, 1.82) is 0 Å². The Morgan fingerprint density at radius 3 is 2.84 bits per heavy atom. The maximum atomic E-state index is 11.2. The van der Waals surface area contributed by atoms with Gasteiger partial charge in [-0.15, -0.1) is 0 Å². The van der Waals surface area contributed by atoms with Crippen LogP contribution in [0.1, 0.15) is 11.7 Å². The Hall–Kier alpha value is -1.84. The molecule has 2 atom stereocenters. The molecule has 0 radical (unpaired) electrons. The average molecular weight is 286 g/mol. The largest absolute Gasteiger partial charge is 0.509 e. The maximum absolute atomic E-state index is 11.2. The van der Waals surface area contributed by atoms with Gasteiger partial charge in [0.1, 0.15) is 6.61 Å². The first-order valence-corrected chi connectivity index (χ1v) is 6.03. The summed E-state index contributed by atoms with van der Waals surface area (Å²) in [5, 5.41) is 16.1. The molecule has 1 aliphatic rings. The van der Waals surface area contributed by atoms with Crippen molar-refractivity contribution in [1.82, 2.24) is 0 Å². The summed E-state index contributed by atoms with van der Waals surface area (Å²) in [6, 6.07) is 5.98. The van der Waals surface area contributed by atoms with Crippen molar-refractivity contribution in [3.05, 3.63) is 39.9 Å². The van der Waals surface area contributed by atoms with Crippen LogP contribution in [0.15, 0.2) is 24.3 Å². The van der Waals surface area contributed by atoms with Gasteiger partial charge in [0.25, 0.3) is 5.69 Å². The van der Waals surface area contributed by atoms with E-state index >= 15 is 0 Å². The number of carbonyl (C=O) groups is 1. The second kappa shape index (κ2) is 5.87. The van der Waals surface area contributed by atoms with E-state index in [0.717, 1.165) is 0 Å². The van der Waals surface area contributed by atoms with Crippen LogP contribution in [0.5, 0.6) is 0 Å². The summed E-state index contributed by atoms with van der Waals surface area (Å²) in [5.74, 6) is 0. The summed E-state index contributed by atoms with van der Waals surface area (Å²) in [6.07, 6.45) is -2.55. The van der Waals surface area contributed by atoms with Gasteiger partial charge in [-0.3, -0.25) is 19.4 Å². The van der Waals surface area contributed by atoms with E-state index in [-0.39, 0.29) is 17.9 Å². The Balaban J connectivity index is 2.28. The van der Waals surface area contributed by atoms with Gasteiger partial charge < -0.3 is 9.47 Å². The molecule has 1 aromatic rings. The number of nitrogens with two attached hydrogens (primary N) is 1. The van der Waals surface area contributed by atoms with Crippen molar-refractivity contribution in [3.8, 4) is 0 Å². The van der Waals surface area contributed by atoms with E-state index in [2.05, 4.69) is 0 Å². The van der Waals surface area contributed by atoms with Gasteiger partial charge in [0.2, 0.25) is 0 Å². The average Bonchev–Trinajstić information content (AvgIpc) is 2.77. The van der Waals surface area contributed by atoms with Gasteiger partial charge in [-0.1, -0.05) is 12.1 Å². The zero-order valence-electron chi connectivity index (χ0n) is 9.55. The fourth-order valence-electron chi connectivity index (χ4n) is 1.78.